The van der Waals surface area contributed by atoms with Crippen molar-refractivity contribution in [2.45, 2.75) is 13.8 Å². The first-order valence-electron chi connectivity index (χ1n) is 4.63. The highest BCUT2D eigenvalue weighted by Crippen LogP contribution is 2.04. The van der Waals surface area contributed by atoms with Crippen LogP contribution in [0, 0.1) is 0 Å². The number of aliphatic hydroxyl groups excluding tert-OH is 2. The SMILES string of the molecule is CC(=O)/C=C(\C)C[S+](CCO)CCO. The summed E-state index contributed by atoms with van der Waals surface area (Å²) in [6.07, 6.45) is 1.62. The molecule has 0 rings (SSSR count). The molecule has 0 bridgehead atoms. The van der Waals surface area contributed by atoms with Gasteiger partial charge in [0.25, 0.3) is 0 Å². The van der Waals surface area contributed by atoms with Gasteiger partial charge in [0.1, 0.15) is 17.3 Å². The van der Waals surface area contributed by atoms with Crippen LogP contribution < -0.4 is 0 Å². The maximum Gasteiger partial charge on any atom is 0.152 e. The molecule has 0 heterocycles. The van der Waals surface area contributed by atoms with Crippen LogP contribution in [0.15, 0.2) is 11.6 Å². The standard InChI is InChI=1S/C10H19O3S/c1-9(7-10(2)13)8-14(5-3-11)6-4-12/h7,11-12H,3-6,8H2,1-2H3/q+1/b9-7+. The van der Waals surface area contributed by atoms with Gasteiger partial charge in [-0.1, -0.05) is 0 Å². The van der Waals surface area contributed by atoms with E-state index in [0.717, 1.165) is 11.3 Å². The molecule has 0 unspecified atom stereocenters. The predicted octanol–water partition coefficient (Wildman–Crippen LogP) is 0.125. The van der Waals surface area contributed by atoms with Gasteiger partial charge in [0.15, 0.2) is 5.78 Å². The number of allylic oxidation sites excluding steroid dienone is 1. The van der Waals surface area contributed by atoms with Crippen LogP contribution in [0.4, 0.5) is 0 Å². The van der Waals surface area contributed by atoms with Gasteiger partial charge in [0.05, 0.1) is 13.2 Å². The largest absolute Gasteiger partial charge is 0.391 e. The Morgan fingerprint density at radius 1 is 1.21 bits per heavy atom. The highest BCUT2D eigenvalue weighted by Gasteiger charge is 2.17. The Morgan fingerprint density at radius 3 is 2.07 bits per heavy atom. The molecule has 2 N–H and O–H groups in total. The molecule has 0 aliphatic carbocycles. The van der Waals surface area contributed by atoms with Gasteiger partial charge >= 0.3 is 0 Å². The van der Waals surface area contributed by atoms with Gasteiger partial charge < -0.3 is 10.2 Å². The second-order valence-corrected chi connectivity index (χ2v) is 5.54. The van der Waals surface area contributed by atoms with Crippen LogP contribution in [0.25, 0.3) is 0 Å². The minimum Gasteiger partial charge on any atom is -0.391 e. The van der Waals surface area contributed by atoms with Crippen molar-refractivity contribution in [3.63, 3.8) is 0 Å². The summed E-state index contributed by atoms with van der Waals surface area (Å²) >= 11 is 0. The normalized spacial score (nSPS) is 12.2. The molecule has 0 aliphatic rings. The van der Waals surface area contributed by atoms with Gasteiger partial charge in [-0.25, -0.2) is 0 Å². The molecule has 0 fully saturated rings. The van der Waals surface area contributed by atoms with Gasteiger partial charge in [-0.3, -0.25) is 4.79 Å². The van der Waals surface area contributed by atoms with Gasteiger partial charge in [-0.05, 0) is 36.4 Å². The van der Waals surface area contributed by atoms with E-state index in [1.807, 2.05) is 6.92 Å². The van der Waals surface area contributed by atoms with Crippen molar-refractivity contribution in [3.8, 4) is 0 Å². The number of hydrogen-bond donors (Lipinski definition) is 2. The molecular formula is C10H19O3S+. The van der Waals surface area contributed by atoms with Gasteiger partial charge in [-0.2, -0.15) is 0 Å². The Kier molecular flexibility index (Phi) is 7.84. The summed E-state index contributed by atoms with van der Waals surface area (Å²) in [5.74, 6) is 2.28. The monoisotopic (exact) mass is 219 g/mol. The quantitative estimate of drug-likeness (QED) is 0.472. The van der Waals surface area contributed by atoms with Crippen molar-refractivity contribution in [2.75, 3.05) is 30.5 Å². The van der Waals surface area contributed by atoms with E-state index in [0.29, 0.717) is 11.5 Å². The fraction of sp³-hybridized carbons (Fsp3) is 0.700. The molecule has 0 atom stereocenters. The van der Waals surface area contributed by atoms with E-state index in [1.54, 1.807) is 6.08 Å². The molecule has 0 aliphatic heterocycles. The number of carbonyl (C=O) groups is 1. The highest BCUT2D eigenvalue weighted by atomic mass is 32.2. The molecule has 0 spiro atoms. The molecule has 0 saturated heterocycles. The minimum atomic E-state index is 0.00846. The number of rotatable bonds is 7. The summed E-state index contributed by atoms with van der Waals surface area (Å²) in [7, 11) is 0.00846. The lowest BCUT2D eigenvalue weighted by Gasteiger charge is -2.05. The maximum absolute atomic E-state index is 10.8. The van der Waals surface area contributed by atoms with Crippen molar-refractivity contribution in [1.29, 1.82) is 0 Å². The molecule has 82 valence electrons. The highest BCUT2D eigenvalue weighted by molar-refractivity contribution is 7.97. The van der Waals surface area contributed by atoms with E-state index in [2.05, 4.69) is 0 Å². The molecule has 3 nitrogen and oxygen atoms in total. The summed E-state index contributed by atoms with van der Waals surface area (Å²) in [6.45, 7) is 3.74. The van der Waals surface area contributed by atoms with E-state index in [4.69, 9.17) is 10.2 Å². The topological polar surface area (TPSA) is 57.5 Å². The van der Waals surface area contributed by atoms with Crippen molar-refractivity contribution in [2.24, 2.45) is 0 Å². The van der Waals surface area contributed by atoms with Gasteiger partial charge in [0, 0.05) is 0 Å². The van der Waals surface area contributed by atoms with E-state index >= 15 is 0 Å². The molecule has 0 saturated carbocycles. The number of aliphatic hydroxyl groups is 2. The second-order valence-electron chi connectivity index (χ2n) is 3.21. The second kappa shape index (κ2) is 8.03. The first kappa shape index (κ1) is 13.7. The van der Waals surface area contributed by atoms with E-state index in [9.17, 15) is 4.79 Å². The van der Waals surface area contributed by atoms with Crippen molar-refractivity contribution >= 4 is 16.7 Å². The Hall–Kier alpha value is -0.320. The van der Waals surface area contributed by atoms with Crippen LogP contribution in [-0.4, -0.2) is 46.5 Å². The average molecular weight is 219 g/mol. The Bertz CT molecular complexity index is 196. The Morgan fingerprint density at radius 2 is 1.71 bits per heavy atom. The third kappa shape index (κ3) is 7.12. The first-order valence-corrected chi connectivity index (χ1v) is 6.37. The van der Waals surface area contributed by atoms with Crippen LogP contribution in [0.5, 0.6) is 0 Å². The van der Waals surface area contributed by atoms with Crippen LogP contribution >= 0.6 is 0 Å². The Labute approximate surface area is 88.2 Å². The van der Waals surface area contributed by atoms with Crippen molar-refractivity contribution < 1.29 is 15.0 Å². The molecule has 4 heteroatoms. The number of hydrogen-bond acceptors (Lipinski definition) is 3. The molecular weight excluding hydrogens is 200 g/mol. The van der Waals surface area contributed by atoms with Crippen molar-refractivity contribution in [3.05, 3.63) is 11.6 Å². The fourth-order valence-electron chi connectivity index (χ4n) is 1.22. The molecule has 0 aromatic carbocycles. The molecule has 0 aromatic heterocycles. The zero-order valence-corrected chi connectivity index (χ0v) is 9.64. The lowest BCUT2D eigenvalue weighted by molar-refractivity contribution is -0.112. The lowest BCUT2D eigenvalue weighted by Crippen LogP contribution is -2.21. The van der Waals surface area contributed by atoms with Crippen LogP contribution in [-0.2, 0) is 15.7 Å². The van der Waals surface area contributed by atoms with Crippen molar-refractivity contribution in [1.82, 2.24) is 0 Å². The lowest BCUT2D eigenvalue weighted by atomic mass is 10.3. The van der Waals surface area contributed by atoms with Crippen LogP contribution in [0.3, 0.4) is 0 Å². The first-order chi connectivity index (χ1) is 6.60. The smallest absolute Gasteiger partial charge is 0.152 e. The zero-order valence-electron chi connectivity index (χ0n) is 8.82. The van der Waals surface area contributed by atoms with Crippen LogP contribution in [0.1, 0.15) is 13.8 Å². The third-order valence-electron chi connectivity index (χ3n) is 1.64. The predicted molar refractivity (Wildman–Crippen MR) is 60.6 cm³/mol. The maximum atomic E-state index is 10.8. The summed E-state index contributed by atoms with van der Waals surface area (Å²) in [6, 6.07) is 0. The molecule has 14 heavy (non-hydrogen) atoms. The molecule has 0 aromatic rings. The van der Waals surface area contributed by atoms with E-state index < -0.39 is 0 Å². The van der Waals surface area contributed by atoms with E-state index in [-0.39, 0.29) is 29.9 Å². The van der Waals surface area contributed by atoms with Gasteiger partial charge in [-0.15, -0.1) is 0 Å². The summed E-state index contributed by atoms with van der Waals surface area (Å²) in [4.78, 5) is 10.8. The molecule has 0 amide bonds. The van der Waals surface area contributed by atoms with Gasteiger partial charge in [0.2, 0.25) is 0 Å². The Balaban J connectivity index is 4.07. The van der Waals surface area contributed by atoms with E-state index in [1.165, 1.54) is 6.92 Å². The summed E-state index contributed by atoms with van der Waals surface area (Å²) in [5, 5.41) is 17.6. The fourth-order valence-corrected chi connectivity index (χ4v) is 2.95. The van der Waals surface area contributed by atoms with Crippen LogP contribution in [0.2, 0.25) is 0 Å². The summed E-state index contributed by atoms with van der Waals surface area (Å²) < 4.78 is 0. The minimum absolute atomic E-state index is 0.00846. The number of carbonyl (C=O) groups excluding carboxylic acids is 1. The molecule has 0 radical (unpaired) electrons. The number of ketones is 1. The average Bonchev–Trinajstić information content (AvgIpc) is 2.03. The third-order valence-corrected chi connectivity index (χ3v) is 4.02. The summed E-state index contributed by atoms with van der Waals surface area (Å²) in [5.41, 5.74) is 1.03. The zero-order chi connectivity index (χ0) is 11.0.